The van der Waals surface area contributed by atoms with Gasteiger partial charge in [-0.3, -0.25) is 19.1 Å². The minimum Gasteiger partial charge on any atom is -0.394 e. The second kappa shape index (κ2) is 5.47. The molecule has 0 bridgehead atoms. The van der Waals surface area contributed by atoms with Crippen molar-refractivity contribution in [2.75, 3.05) is 12.3 Å². The van der Waals surface area contributed by atoms with Crippen molar-refractivity contribution in [3.8, 4) is 0 Å². The normalized spacial score (nSPS) is 26.6. The summed E-state index contributed by atoms with van der Waals surface area (Å²) in [7, 11) is 0. The Morgan fingerprint density at radius 3 is 2.95 bits per heavy atom. The van der Waals surface area contributed by atoms with Crippen molar-refractivity contribution < 1.29 is 14.9 Å². The van der Waals surface area contributed by atoms with Gasteiger partial charge in [-0.2, -0.15) is 4.98 Å². The van der Waals surface area contributed by atoms with Gasteiger partial charge in [0.1, 0.15) is 10.9 Å². The number of fused-ring (bicyclic) bond motifs is 1. The molecule has 0 aliphatic carbocycles. The zero-order chi connectivity index (χ0) is 16.0. The summed E-state index contributed by atoms with van der Waals surface area (Å²) in [5, 5.41) is 19.2. The highest BCUT2D eigenvalue weighted by Crippen LogP contribution is 2.37. The van der Waals surface area contributed by atoms with E-state index in [2.05, 4.69) is 9.97 Å². The Balaban J connectivity index is 2.19. The molecule has 22 heavy (non-hydrogen) atoms. The van der Waals surface area contributed by atoms with Crippen molar-refractivity contribution in [2.24, 2.45) is 5.92 Å². The number of nitrogen functional groups attached to an aromatic ring is 1. The van der Waals surface area contributed by atoms with Crippen LogP contribution < -0.4 is 16.2 Å². The molecule has 0 amide bonds. The molecule has 0 radical (unpaired) electrons. The van der Waals surface area contributed by atoms with Crippen LogP contribution in [0, 0.1) is 5.92 Å². The van der Waals surface area contributed by atoms with Crippen LogP contribution in [0.4, 0.5) is 5.95 Å². The Bertz CT molecular complexity index is 810. The molecule has 0 saturated carbocycles. The van der Waals surface area contributed by atoms with Crippen LogP contribution in [0.15, 0.2) is 9.59 Å². The highest BCUT2D eigenvalue weighted by Gasteiger charge is 2.40. The summed E-state index contributed by atoms with van der Waals surface area (Å²) in [6.45, 7) is 1.38. The SMILES string of the molecule is CC(O)[C@@H]1CC(CO)O[C@H]1n1c(=O)sc2c(=O)[nH]c(N)nc21. The predicted octanol–water partition coefficient (Wildman–Crippen LogP) is -0.995. The number of anilines is 1. The quantitative estimate of drug-likeness (QED) is 0.566. The van der Waals surface area contributed by atoms with Gasteiger partial charge in [-0.05, 0) is 13.3 Å². The van der Waals surface area contributed by atoms with Crippen LogP contribution in [-0.4, -0.2) is 43.6 Å². The smallest absolute Gasteiger partial charge is 0.311 e. The zero-order valence-corrected chi connectivity index (χ0v) is 12.5. The van der Waals surface area contributed by atoms with Gasteiger partial charge in [-0.1, -0.05) is 11.3 Å². The summed E-state index contributed by atoms with van der Waals surface area (Å²) >= 11 is 0.745. The lowest BCUT2D eigenvalue weighted by molar-refractivity contribution is -0.0467. The van der Waals surface area contributed by atoms with E-state index in [4.69, 9.17) is 10.5 Å². The van der Waals surface area contributed by atoms with Crippen LogP contribution in [0.25, 0.3) is 10.3 Å². The third-order valence-corrected chi connectivity index (χ3v) is 4.75. The molecule has 120 valence electrons. The van der Waals surface area contributed by atoms with Gasteiger partial charge in [0.15, 0.2) is 5.65 Å². The minimum absolute atomic E-state index is 0.102. The highest BCUT2D eigenvalue weighted by atomic mass is 32.1. The number of thiazole rings is 1. The maximum absolute atomic E-state index is 12.3. The summed E-state index contributed by atoms with van der Waals surface area (Å²) in [5.74, 6) is -0.496. The van der Waals surface area contributed by atoms with Crippen molar-refractivity contribution in [1.82, 2.24) is 14.5 Å². The van der Waals surface area contributed by atoms with Crippen LogP contribution >= 0.6 is 11.3 Å². The number of nitrogens with one attached hydrogen (secondary N) is 1. The lowest BCUT2D eigenvalue weighted by Gasteiger charge is -2.21. The third-order valence-electron chi connectivity index (χ3n) is 3.80. The lowest BCUT2D eigenvalue weighted by atomic mass is 9.98. The van der Waals surface area contributed by atoms with Crippen LogP contribution in [0.1, 0.15) is 19.6 Å². The first kappa shape index (κ1) is 15.2. The Hall–Kier alpha value is -1.75. The number of aromatic amines is 1. The molecule has 2 unspecified atom stereocenters. The molecule has 0 spiro atoms. The number of ether oxygens (including phenoxy) is 1. The van der Waals surface area contributed by atoms with Gasteiger partial charge in [0.05, 0.1) is 18.8 Å². The van der Waals surface area contributed by atoms with E-state index in [-0.39, 0.29) is 22.9 Å². The predicted molar refractivity (Wildman–Crippen MR) is 79.7 cm³/mol. The van der Waals surface area contributed by atoms with Crippen LogP contribution in [0.3, 0.4) is 0 Å². The van der Waals surface area contributed by atoms with Gasteiger partial charge in [-0.15, -0.1) is 0 Å². The highest BCUT2D eigenvalue weighted by molar-refractivity contribution is 7.16. The molecule has 1 aliphatic heterocycles. The molecule has 3 heterocycles. The molecule has 9 nitrogen and oxygen atoms in total. The first-order chi connectivity index (χ1) is 10.4. The summed E-state index contributed by atoms with van der Waals surface area (Å²) in [6, 6.07) is 0. The van der Waals surface area contributed by atoms with Crippen molar-refractivity contribution in [2.45, 2.75) is 31.8 Å². The van der Waals surface area contributed by atoms with E-state index in [1.165, 1.54) is 4.57 Å². The number of hydrogen-bond acceptors (Lipinski definition) is 8. The van der Waals surface area contributed by atoms with E-state index in [1.54, 1.807) is 6.92 Å². The molecular formula is C12H16N4O5S. The molecule has 10 heteroatoms. The number of aliphatic hydroxyl groups is 2. The van der Waals surface area contributed by atoms with Crippen LogP contribution in [-0.2, 0) is 4.74 Å². The zero-order valence-electron chi connectivity index (χ0n) is 11.7. The Morgan fingerprint density at radius 1 is 1.59 bits per heavy atom. The summed E-state index contributed by atoms with van der Waals surface area (Å²) < 4.78 is 7.05. The summed E-state index contributed by atoms with van der Waals surface area (Å²) in [4.78, 5) is 30.1. The number of rotatable bonds is 3. The first-order valence-corrected chi connectivity index (χ1v) is 7.59. The maximum atomic E-state index is 12.3. The number of nitrogens with zero attached hydrogens (tertiary/aromatic N) is 2. The van der Waals surface area contributed by atoms with Gasteiger partial charge >= 0.3 is 4.87 Å². The Kier molecular flexibility index (Phi) is 3.77. The maximum Gasteiger partial charge on any atom is 0.311 e. The molecule has 0 aromatic carbocycles. The molecular weight excluding hydrogens is 312 g/mol. The van der Waals surface area contributed by atoms with Gasteiger partial charge in [0, 0.05) is 5.92 Å². The van der Waals surface area contributed by atoms with E-state index in [9.17, 15) is 19.8 Å². The molecule has 2 aromatic rings. The fraction of sp³-hybridized carbons (Fsp3) is 0.583. The Morgan fingerprint density at radius 2 is 2.32 bits per heavy atom. The average Bonchev–Trinajstić information content (AvgIpc) is 2.99. The topological polar surface area (TPSA) is 143 Å². The number of nitrogens with two attached hydrogens (primary N) is 1. The molecule has 3 rings (SSSR count). The van der Waals surface area contributed by atoms with Gasteiger partial charge in [0.2, 0.25) is 5.95 Å². The van der Waals surface area contributed by atoms with Crippen LogP contribution in [0.2, 0.25) is 0 Å². The molecule has 4 atom stereocenters. The van der Waals surface area contributed by atoms with E-state index in [0.717, 1.165) is 11.3 Å². The van der Waals surface area contributed by atoms with Crippen molar-refractivity contribution >= 4 is 27.6 Å². The largest absolute Gasteiger partial charge is 0.394 e. The molecule has 2 aromatic heterocycles. The molecule has 1 saturated heterocycles. The summed E-state index contributed by atoms with van der Waals surface area (Å²) in [5.41, 5.74) is 5.18. The lowest BCUT2D eigenvalue weighted by Crippen LogP contribution is -2.29. The monoisotopic (exact) mass is 328 g/mol. The second-order valence-corrected chi connectivity index (χ2v) is 6.27. The molecule has 5 N–H and O–H groups in total. The third kappa shape index (κ3) is 2.33. The first-order valence-electron chi connectivity index (χ1n) is 6.77. The number of aliphatic hydroxyl groups excluding tert-OH is 2. The second-order valence-electron chi connectivity index (χ2n) is 5.31. The number of H-pyrrole nitrogens is 1. The number of hydrogen-bond donors (Lipinski definition) is 4. The van der Waals surface area contributed by atoms with Gasteiger partial charge < -0.3 is 20.7 Å². The van der Waals surface area contributed by atoms with Crippen LogP contribution in [0.5, 0.6) is 0 Å². The fourth-order valence-electron chi connectivity index (χ4n) is 2.75. The molecule has 1 aliphatic rings. The van der Waals surface area contributed by atoms with Gasteiger partial charge in [-0.25, -0.2) is 0 Å². The van der Waals surface area contributed by atoms with Crippen molar-refractivity contribution in [3.05, 3.63) is 20.0 Å². The van der Waals surface area contributed by atoms with E-state index >= 15 is 0 Å². The average molecular weight is 328 g/mol. The van der Waals surface area contributed by atoms with E-state index < -0.39 is 34.8 Å². The number of aromatic nitrogens is 3. The summed E-state index contributed by atoms with van der Waals surface area (Å²) in [6.07, 6.45) is -1.62. The van der Waals surface area contributed by atoms with E-state index in [0.29, 0.717) is 6.42 Å². The Labute approximate surface area is 128 Å². The molecule has 1 fully saturated rings. The fourth-order valence-corrected chi connectivity index (χ4v) is 3.59. The van der Waals surface area contributed by atoms with Gasteiger partial charge in [0.25, 0.3) is 5.56 Å². The van der Waals surface area contributed by atoms with Crippen molar-refractivity contribution in [1.29, 1.82) is 0 Å². The standard InChI is InChI=1S/C12H16N4O5S/c1-4(18)6-2-5(3-17)21-10(6)16-8-7(22-12(16)20)9(19)15-11(13)14-8/h4-6,10,17-18H,2-3H2,1H3,(H3,13,14,15,19)/t4?,5?,6-,10+/m0/s1. The minimum atomic E-state index is -0.799. The van der Waals surface area contributed by atoms with E-state index in [1.807, 2.05) is 0 Å². The van der Waals surface area contributed by atoms with Crippen molar-refractivity contribution in [3.63, 3.8) is 0 Å².